The first-order valence-electron chi connectivity index (χ1n) is 5.42. The Hall–Kier alpha value is -1.51. The van der Waals surface area contributed by atoms with E-state index in [4.69, 9.17) is 10.5 Å². The third-order valence-corrected chi connectivity index (χ3v) is 2.27. The summed E-state index contributed by atoms with van der Waals surface area (Å²) in [5.41, 5.74) is 7.10. The summed E-state index contributed by atoms with van der Waals surface area (Å²) in [6.07, 6.45) is 0.661. The van der Waals surface area contributed by atoms with Gasteiger partial charge in [-0.3, -0.25) is 4.79 Å². The summed E-state index contributed by atoms with van der Waals surface area (Å²) in [4.78, 5) is 11.5. The van der Waals surface area contributed by atoms with Crippen LogP contribution in [0.1, 0.15) is 26.3 Å². The highest BCUT2D eigenvalue weighted by molar-refractivity contribution is 5.75. The maximum absolute atomic E-state index is 11.5. The largest absolute Gasteiger partial charge is 0.465 e. The summed E-state index contributed by atoms with van der Waals surface area (Å²) in [6.45, 7) is 5.90. The number of carbonyl (C=O) groups is 1. The summed E-state index contributed by atoms with van der Waals surface area (Å²) in [7, 11) is 0. The van der Waals surface area contributed by atoms with Crippen LogP contribution in [-0.4, -0.2) is 12.6 Å². The van der Waals surface area contributed by atoms with Crippen molar-refractivity contribution >= 4 is 11.7 Å². The molecule has 0 aliphatic heterocycles. The lowest BCUT2D eigenvalue weighted by Crippen LogP contribution is -2.23. The van der Waals surface area contributed by atoms with Crippen LogP contribution in [0.15, 0.2) is 24.3 Å². The van der Waals surface area contributed by atoms with Crippen LogP contribution >= 0.6 is 0 Å². The van der Waals surface area contributed by atoms with Gasteiger partial charge < -0.3 is 10.5 Å². The lowest BCUT2D eigenvalue weighted by Gasteiger charge is -2.16. The molecule has 0 amide bonds. The molecule has 0 spiro atoms. The van der Waals surface area contributed by atoms with Gasteiger partial charge in [0.15, 0.2) is 0 Å². The molecule has 2 N–H and O–H groups in total. The van der Waals surface area contributed by atoms with Crippen molar-refractivity contribution in [2.24, 2.45) is 5.41 Å². The zero-order valence-corrected chi connectivity index (χ0v) is 10.1. The summed E-state index contributed by atoms with van der Waals surface area (Å²) in [5, 5.41) is 0. The van der Waals surface area contributed by atoms with Gasteiger partial charge in [-0.2, -0.15) is 0 Å². The number of hydrogen-bond acceptors (Lipinski definition) is 3. The second-order valence-corrected chi connectivity index (χ2v) is 4.83. The molecule has 3 nitrogen and oxygen atoms in total. The minimum absolute atomic E-state index is 0.179. The smallest absolute Gasteiger partial charge is 0.311 e. The van der Waals surface area contributed by atoms with E-state index in [2.05, 4.69) is 0 Å². The maximum Gasteiger partial charge on any atom is 0.311 e. The van der Waals surface area contributed by atoms with E-state index in [1.807, 2.05) is 45.0 Å². The normalized spacial score (nSPS) is 11.2. The van der Waals surface area contributed by atoms with Crippen molar-refractivity contribution in [3.63, 3.8) is 0 Å². The molecule has 0 saturated heterocycles. The van der Waals surface area contributed by atoms with Crippen molar-refractivity contribution in [1.82, 2.24) is 0 Å². The minimum atomic E-state index is -0.442. The van der Waals surface area contributed by atoms with Crippen LogP contribution in [-0.2, 0) is 16.0 Å². The molecule has 1 aromatic rings. The summed E-state index contributed by atoms with van der Waals surface area (Å²) < 4.78 is 5.17. The van der Waals surface area contributed by atoms with Crippen LogP contribution in [0, 0.1) is 5.41 Å². The summed E-state index contributed by atoms with van der Waals surface area (Å²) in [5.74, 6) is -0.179. The first kappa shape index (κ1) is 12.6. The van der Waals surface area contributed by atoms with Crippen molar-refractivity contribution in [2.45, 2.75) is 27.2 Å². The van der Waals surface area contributed by atoms with Gasteiger partial charge in [0.1, 0.15) is 0 Å². The molecule has 0 heterocycles. The first-order chi connectivity index (χ1) is 7.41. The van der Waals surface area contributed by atoms with Gasteiger partial charge >= 0.3 is 5.97 Å². The summed E-state index contributed by atoms with van der Waals surface area (Å²) in [6, 6.07) is 7.61. The molecular formula is C13H19NO2. The molecular weight excluding hydrogens is 202 g/mol. The minimum Gasteiger partial charge on any atom is -0.465 e. The number of nitrogens with two attached hydrogens (primary N) is 1. The van der Waals surface area contributed by atoms with Gasteiger partial charge in [0.2, 0.25) is 0 Å². The average molecular weight is 221 g/mol. The number of benzene rings is 1. The molecule has 0 radical (unpaired) electrons. The lowest BCUT2D eigenvalue weighted by molar-refractivity contribution is -0.152. The van der Waals surface area contributed by atoms with Gasteiger partial charge in [-0.1, -0.05) is 18.2 Å². The monoisotopic (exact) mass is 221 g/mol. The predicted molar refractivity (Wildman–Crippen MR) is 65.0 cm³/mol. The number of nitrogen functional groups attached to an aromatic ring is 1. The number of ether oxygens (including phenoxy) is 1. The number of hydrogen-bond donors (Lipinski definition) is 1. The second-order valence-electron chi connectivity index (χ2n) is 4.83. The molecule has 3 heteroatoms. The number of para-hydroxylation sites is 1. The molecule has 0 unspecified atom stereocenters. The number of carbonyl (C=O) groups excluding carboxylic acids is 1. The SMILES string of the molecule is CC(C)(C)C(=O)OCCc1ccccc1N. The maximum atomic E-state index is 11.5. The Morgan fingerprint density at radius 2 is 1.94 bits per heavy atom. The van der Waals surface area contributed by atoms with Crippen LogP contribution in [0.5, 0.6) is 0 Å². The fourth-order valence-electron chi connectivity index (χ4n) is 1.23. The Morgan fingerprint density at radius 1 is 1.31 bits per heavy atom. The topological polar surface area (TPSA) is 52.3 Å². The zero-order chi connectivity index (χ0) is 12.2. The molecule has 1 rings (SSSR count). The molecule has 0 bridgehead atoms. The van der Waals surface area contributed by atoms with Gasteiger partial charge in [-0.25, -0.2) is 0 Å². The summed E-state index contributed by atoms with van der Waals surface area (Å²) >= 11 is 0. The van der Waals surface area contributed by atoms with Crippen molar-refractivity contribution in [1.29, 1.82) is 0 Å². The van der Waals surface area contributed by atoms with Gasteiger partial charge in [0.25, 0.3) is 0 Å². The van der Waals surface area contributed by atoms with Crippen LogP contribution in [0.3, 0.4) is 0 Å². The van der Waals surface area contributed by atoms with E-state index in [1.165, 1.54) is 0 Å². The third-order valence-electron chi connectivity index (χ3n) is 2.27. The number of esters is 1. The average Bonchev–Trinajstić information content (AvgIpc) is 2.19. The van der Waals surface area contributed by atoms with Crippen LogP contribution in [0.2, 0.25) is 0 Å². The van der Waals surface area contributed by atoms with Gasteiger partial charge in [0, 0.05) is 12.1 Å². The first-order valence-corrected chi connectivity index (χ1v) is 5.42. The van der Waals surface area contributed by atoms with E-state index in [9.17, 15) is 4.79 Å². The Kier molecular flexibility index (Phi) is 3.93. The van der Waals surface area contributed by atoms with Crippen LogP contribution in [0.4, 0.5) is 5.69 Å². The molecule has 0 atom stereocenters. The van der Waals surface area contributed by atoms with Gasteiger partial charge in [-0.05, 0) is 32.4 Å². The molecule has 16 heavy (non-hydrogen) atoms. The van der Waals surface area contributed by atoms with E-state index in [1.54, 1.807) is 0 Å². The molecule has 0 aliphatic carbocycles. The highest BCUT2D eigenvalue weighted by Gasteiger charge is 2.22. The highest BCUT2D eigenvalue weighted by Crippen LogP contribution is 2.16. The fourth-order valence-corrected chi connectivity index (χ4v) is 1.23. The predicted octanol–water partition coefficient (Wildman–Crippen LogP) is 2.40. The van der Waals surface area contributed by atoms with Crippen LogP contribution < -0.4 is 5.73 Å². The van der Waals surface area contributed by atoms with Crippen molar-refractivity contribution < 1.29 is 9.53 Å². The van der Waals surface area contributed by atoms with Crippen LogP contribution in [0.25, 0.3) is 0 Å². The quantitative estimate of drug-likeness (QED) is 0.630. The van der Waals surface area contributed by atoms with E-state index in [0.717, 1.165) is 11.3 Å². The van der Waals surface area contributed by atoms with E-state index in [-0.39, 0.29) is 5.97 Å². The fraction of sp³-hybridized carbons (Fsp3) is 0.462. The van der Waals surface area contributed by atoms with E-state index < -0.39 is 5.41 Å². The Morgan fingerprint density at radius 3 is 2.50 bits per heavy atom. The van der Waals surface area contributed by atoms with Gasteiger partial charge in [0.05, 0.1) is 12.0 Å². The highest BCUT2D eigenvalue weighted by atomic mass is 16.5. The Balaban J connectivity index is 2.43. The molecule has 0 fully saturated rings. The molecule has 1 aromatic carbocycles. The van der Waals surface area contributed by atoms with Crippen molar-refractivity contribution in [3.8, 4) is 0 Å². The Bertz CT molecular complexity index is 366. The van der Waals surface area contributed by atoms with E-state index in [0.29, 0.717) is 13.0 Å². The van der Waals surface area contributed by atoms with E-state index >= 15 is 0 Å². The standard InChI is InChI=1S/C13H19NO2/c1-13(2,3)12(15)16-9-8-10-6-4-5-7-11(10)14/h4-7H,8-9,14H2,1-3H3. The van der Waals surface area contributed by atoms with Crippen molar-refractivity contribution in [3.05, 3.63) is 29.8 Å². The van der Waals surface area contributed by atoms with Gasteiger partial charge in [-0.15, -0.1) is 0 Å². The molecule has 0 saturated carbocycles. The molecule has 0 aliphatic rings. The second kappa shape index (κ2) is 5.01. The molecule has 88 valence electrons. The third kappa shape index (κ3) is 3.57. The molecule has 0 aromatic heterocycles. The number of anilines is 1. The Labute approximate surface area is 96.6 Å². The van der Waals surface area contributed by atoms with Crippen molar-refractivity contribution in [2.75, 3.05) is 12.3 Å². The number of rotatable bonds is 3. The lowest BCUT2D eigenvalue weighted by atomic mass is 9.97. The zero-order valence-electron chi connectivity index (χ0n) is 10.1.